The Bertz CT molecular complexity index is 486. The third kappa shape index (κ3) is 3.67. The summed E-state index contributed by atoms with van der Waals surface area (Å²) < 4.78 is 11.0. The number of benzene rings is 1. The number of hydrogen-bond acceptors (Lipinski definition) is 3. The zero-order chi connectivity index (χ0) is 14.5. The van der Waals surface area contributed by atoms with Gasteiger partial charge in [0, 0.05) is 19.6 Å². The number of amides is 2. The summed E-state index contributed by atoms with van der Waals surface area (Å²) in [5.41, 5.74) is 1.24. The Kier molecular flexibility index (Phi) is 4.60. The van der Waals surface area contributed by atoms with Crippen LogP contribution in [0.25, 0.3) is 0 Å². The smallest absolute Gasteiger partial charge is 0.317 e. The van der Waals surface area contributed by atoms with Crippen LogP contribution in [0.3, 0.4) is 0 Å². The standard InChI is InChI=1S/C16H22N2O3/c19-16(18-6-9-20-10-7-18)17-12-13-5-8-21-15-4-2-1-3-14(15)11-13/h1-4,13H,5-12H2,(H,17,19)/t13-/m0/s1. The van der Waals surface area contributed by atoms with E-state index in [0.29, 0.717) is 38.8 Å². The van der Waals surface area contributed by atoms with Crippen LogP contribution in [0.1, 0.15) is 12.0 Å². The molecule has 1 fully saturated rings. The van der Waals surface area contributed by atoms with Crippen molar-refractivity contribution in [1.82, 2.24) is 10.2 Å². The van der Waals surface area contributed by atoms with Gasteiger partial charge in [-0.1, -0.05) is 18.2 Å². The van der Waals surface area contributed by atoms with Crippen molar-refractivity contribution in [2.45, 2.75) is 12.8 Å². The second kappa shape index (κ2) is 6.80. The summed E-state index contributed by atoms with van der Waals surface area (Å²) in [6, 6.07) is 8.19. The zero-order valence-electron chi connectivity index (χ0n) is 12.2. The molecular formula is C16H22N2O3. The van der Waals surface area contributed by atoms with Gasteiger partial charge in [0.05, 0.1) is 19.8 Å². The molecule has 0 aliphatic carbocycles. The lowest BCUT2D eigenvalue weighted by Crippen LogP contribution is -2.47. The van der Waals surface area contributed by atoms with E-state index in [-0.39, 0.29) is 6.03 Å². The Labute approximate surface area is 125 Å². The molecule has 0 spiro atoms. The van der Waals surface area contributed by atoms with Crippen LogP contribution < -0.4 is 10.1 Å². The molecule has 5 nitrogen and oxygen atoms in total. The number of ether oxygens (including phenoxy) is 2. The van der Waals surface area contributed by atoms with Crippen LogP contribution in [0, 0.1) is 5.92 Å². The van der Waals surface area contributed by atoms with Crippen LogP contribution in [0.2, 0.25) is 0 Å². The van der Waals surface area contributed by atoms with Gasteiger partial charge in [0.1, 0.15) is 5.75 Å². The van der Waals surface area contributed by atoms with Crippen LogP contribution in [-0.4, -0.2) is 50.4 Å². The maximum Gasteiger partial charge on any atom is 0.317 e. The number of nitrogens with zero attached hydrogens (tertiary/aromatic N) is 1. The van der Waals surface area contributed by atoms with E-state index in [1.54, 1.807) is 0 Å². The first-order chi connectivity index (χ1) is 10.3. The first kappa shape index (κ1) is 14.2. The highest BCUT2D eigenvalue weighted by Gasteiger charge is 2.20. The molecule has 1 saturated heterocycles. The van der Waals surface area contributed by atoms with Gasteiger partial charge in [-0.3, -0.25) is 0 Å². The van der Waals surface area contributed by atoms with Crippen LogP contribution in [0.5, 0.6) is 5.75 Å². The van der Waals surface area contributed by atoms with Crippen molar-refractivity contribution in [2.24, 2.45) is 5.92 Å². The van der Waals surface area contributed by atoms with Crippen molar-refractivity contribution >= 4 is 6.03 Å². The molecular weight excluding hydrogens is 268 g/mol. The molecule has 0 unspecified atom stereocenters. The summed E-state index contributed by atoms with van der Waals surface area (Å²) in [6.07, 6.45) is 1.93. The molecule has 0 radical (unpaired) electrons. The largest absolute Gasteiger partial charge is 0.493 e. The van der Waals surface area contributed by atoms with Crippen LogP contribution in [-0.2, 0) is 11.2 Å². The van der Waals surface area contributed by atoms with Gasteiger partial charge < -0.3 is 19.7 Å². The highest BCUT2D eigenvalue weighted by Crippen LogP contribution is 2.26. The molecule has 1 N–H and O–H groups in total. The van der Waals surface area contributed by atoms with Crippen LogP contribution >= 0.6 is 0 Å². The van der Waals surface area contributed by atoms with E-state index in [1.165, 1.54) is 5.56 Å². The molecule has 2 aliphatic rings. The van der Waals surface area contributed by atoms with Gasteiger partial charge in [-0.2, -0.15) is 0 Å². The van der Waals surface area contributed by atoms with Gasteiger partial charge in [-0.15, -0.1) is 0 Å². The molecule has 1 atom stereocenters. The first-order valence-electron chi connectivity index (χ1n) is 7.64. The van der Waals surface area contributed by atoms with Gasteiger partial charge >= 0.3 is 6.03 Å². The highest BCUT2D eigenvalue weighted by molar-refractivity contribution is 5.74. The third-order valence-corrected chi connectivity index (χ3v) is 4.11. The number of carbonyl (C=O) groups is 1. The summed E-state index contributed by atoms with van der Waals surface area (Å²) in [5, 5.41) is 3.06. The van der Waals surface area contributed by atoms with Crippen molar-refractivity contribution in [3.8, 4) is 5.75 Å². The Morgan fingerprint density at radius 2 is 2.05 bits per heavy atom. The first-order valence-corrected chi connectivity index (χ1v) is 7.64. The number of urea groups is 1. The number of nitrogens with one attached hydrogen (secondary N) is 1. The molecule has 2 heterocycles. The third-order valence-electron chi connectivity index (χ3n) is 4.11. The van der Waals surface area contributed by atoms with Crippen molar-refractivity contribution in [1.29, 1.82) is 0 Å². The molecule has 0 aromatic heterocycles. The van der Waals surface area contributed by atoms with Gasteiger partial charge in [0.25, 0.3) is 0 Å². The number of carbonyl (C=O) groups excluding carboxylic acids is 1. The second-order valence-corrected chi connectivity index (χ2v) is 5.60. The van der Waals surface area contributed by atoms with Gasteiger partial charge in [-0.05, 0) is 30.4 Å². The van der Waals surface area contributed by atoms with E-state index < -0.39 is 0 Å². The van der Waals surface area contributed by atoms with Crippen LogP contribution in [0.4, 0.5) is 4.79 Å². The molecule has 114 valence electrons. The predicted octanol–water partition coefficient (Wildman–Crippen LogP) is 1.67. The van der Waals surface area contributed by atoms with E-state index in [4.69, 9.17) is 9.47 Å². The minimum Gasteiger partial charge on any atom is -0.493 e. The number of morpholine rings is 1. The Hall–Kier alpha value is -1.75. The summed E-state index contributed by atoms with van der Waals surface area (Å²) in [7, 11) is 0. The van der Waals surface area contributed by atoms with Gasteiger partial charge in [0.2, 0.25) is 0 Å². The molecule has 0 saturated carbocycles. The fraction of sp³-hybridized carbons (Fsp3) is 0.562. The molecule has 1 aromatic rings. The fourth-order valence-corrected chi connectivity index (χ4v) is 2.85. The topological polar surface area (TPSA) is 50.8 Å². The average molecular weight is 290 g/mol. The number of hydrogen-bond donors (Lipinski definition) is 1. The highest BCUT2D eigenvalue weighted by atomic mass is 16.5. The Morgan fingerprint density at radius 3 is 2.90 bits per heavy atom. The van der Waals surface area contributed by atoms with Crippen LogP contribution in [0.15, 0.2) is 24.3 Å². The van der Waals surface area contributed by atoms with Crippen molar-refractivity contribution in [2.75, 3.05) is 39.5 Å². The van der Waals surface area contributed by atoms with E-state index in [0.717, 1.165) is 25.2 Å². The molecule has 3 rings (SSSR count). The molecule has 0 bridgehead atoms. The maximum absolute atomic E-state index is 12.1. The molecule has 5 heteroatoms. The maximum atomic E-state index is 12.1. The lowest BCUT2D eigenvalue weighted by Gasteiger charge is -2.27. The molecule has 2 amide bonds. The lowest BCUT2D eigenvalue weighted by molar-refractivity contribution is 0.0529. The monoisotopic (exact) mass is 290 g/mol. The van der Waals surface area contributed by atoms with Gasteiger partial charge in [-0.25, -0.2) is 4.79 Å². The Balaban J connectivity index is 1.52. The number of rotatable bonds is 2. The fourth-order valence-electron chi connectivity index (χ4n) is 2.85. The summed E-state index contributed by atoms with van der Waals surface area (Å²) in [6.45, 7) is 4.06. The van der Waals surface area contributed by atoms with Gasteiger partial charge in [0.15, 0.2) is 0 Å². The number of para-hydroxylation sites is 1. The zero-order valence-corrected chi connectivity index (χ0v) is 12.2. The molecule has 2 aliphatic heterocycles. The Morgan fingerprint density at radius 1 is 1.24 bits per heavy atom. The normalized spacial score (nSPS) is 21.9. The SMILES string of the molecule is O=C(NC[C@H]1CCOc2ccccc2C1)N1CCOCC1. The molecule has 1 aromatic carbocycles. The van der Waals surface area contributed by atoms with E-state index in [9.17, 15) is 4.79 Å². The quantitative estimate of drug-likeness (QED) is 0.901. The predicted molar refractivity (Wildman–Crippen MR) is 79.5 cm³/mol. The second-order valence-electron chi connectivity index (χ2n) is 5.60. The lowest BCUT2D eigenvalue weighted by atomic mass is 9.97. The summed E-state index contributed by atoms with van der Waals surface area (Å²) >= 11 is 0. The van der Waals surface area contributed by atoms with Crippen molar-refractivity contribution in [3.63, 3.8) is 0 Å². The summed E-state index contributed by atoms with van der Waals surface area (Å²) in [4.78, 5) is 13.9. The van der Waals surface area contributed by atoms with E-state index in [1.807, 2.05) is 23.1 Å². The minimum atomic E-state index is 0.0248. The van der Waals surface area contributed by atoms with Crippen molar-refractivity contribution < 1.29 is 14.3 Å². The molecule has 21 heavy (non-hydrogen) atoms. The van der Waals surface area contributed by atoms with E-state index >= 15 is 0 Å². The average Bonchev–Trinajstić information content (AvgIpc) is 2.75. The minimum absolute atomic E-state index is 0.0248. The number of fused-ring (bicyclic) bond motifs is 1. The summed E-state index contributed by atoms with van der Waals surface area (Å²) in [5.74, 6) is 1.41. The van der Waals surface area contributed by atoms with Crippen molar-refractivity contribution in [3.05, 3.63) is 29.8 Å². The van der Waals surface area contributed by atoms with E-state index in [2.05, 4.69) is 11.4 Å².